The van der Waals surface area contributed by atoms with Gasteiger partial charge in [0, 0.05) is 4.47 Å². The Kier molecular flexibility index (Phi) is 8.37. The summed E-state index contributed by atoms with van der Waals surface area (Å²) in [5.41, 5.74) is 4.91. The number of hydrogen-bond donors (Lipinski definition) is 1. The molecule has 11 heteroatoms. The van der Waals surface area contributed by atoms with E-state index in [0.717, 1.165) is 16.1 Å². The number of carbonyl (C=O) groups excluding carboxylic acids is 3. The van der Waals surface area contributed by atoms with E-state index in [1.54, 1.807) is 54.6 Å². The minimum absolute atomic E-state index is 0.0589. The second-order valence-electron chi connectivity index (χ2n) is 7.47. The van der Waals surface area contributed by atoms with Crippen LogP contribution in [0.15, 0.2) is 68.7 Å². The van der Waals surface area contributed by atoms with Gasteiger partial charge in [-0.05, 0) is 23.3 Å². The lowest BCUT2D eigenvalue weighted by molar-refractivity contribution is -0.142. The van der Waals surface area contributed by atoms with Crippen LogP contribution in [0.4, 0.5) is 5.82 Å². The number of aromatic nitrogens is 2. The van der Waals surface area contributed by atoms with Crippen LogP contribution in [0.25, 0.3) is 0 Å². The summed E-state index contributed by atoms with van der Waals surface area (Å²) in [6, 6.07) is 15.7. The van der Waals surface area contributed by atoms with Gasteiger partial charge in [-0.1, -0.05) is 58.4 Å². The van der Waals surface area contributed by atoms with Crippen molar-refractivity contribution in [1.82, 2.24) is 9.13 Å². The van der Waals surface area contributed by atoms with Gasteiger partial charge in [-0.15, -0.1) is 0 Å². The Bertz CT molecular complexity index is 1360. The summed E-state index contributed by atoms with van der Waals surface area (Å²) in [4.78, 5) is 62.9. The van der Waals surface area contributed by atoms with Crippen LogP contribution in [0.1, 0.15) is 21.5 Å². The Morgan fingerprint density at radius 1 is 0.914 bits per heavy atom. The highest BCUT2D eigenvalue weighted by atomic mass is 79.9. The highest BCUT2D eigenvalue weighted by Crippen LogP contribution is 2.12. The number of nitrogens with two attached hydrogens (primary N) is 1. The summed E-state index contributed by atoms with van der Waals surface area (Å²) in [5.74, 6) is -2.85. The molecule has 0 unspecified atom stereocenters. The number of methoxy groups -OCH3 is 1. The maximum absolute atomic E-state index is 13.0. The molecule has 1 heterocycles. The number of hydrogen-bond acceptors (Lipinski definition) is 8. The molecule has 0 saturated carbocycles. The topological polar surface area (TPSA) is 140 Å². The predicted octanol–water partition coefficient (Wildman–Crippen LogP) is 1.54. The fourth-order valence-corrected chi connectivity index (χ4v) is 3.53. The average Bonchev–Trinajstić information content (AvgIpc) is 2.85. The van der Waals surface area contributed by atoms with Gasteiger partial charge in [0.05, 0.1) is 20.1 Å². The van der Waals surface area contributed by atoms with Gasteiger partial charge in [0.25, 0.3) is 5.56 Å². The van der Waals surface area contributed by atoms with Crippen molar-refractivity contribution in [1.29, 1.82) is 0 Å². The smallest absolute Gasteiger partial charge is 0.333 e. The number of Topliss-reactive ketones (excluding diaryl/α,β-unsaturated/α-hetero) is 1. The third kappa shape index (κ3) is 6.33. The van der Waals surface area contributed by atoms with Crippen molar-refractivity contribution in [3.8, 4) is 0 Å². The Hall–Kier alpha value is -3.99. The molecule has 0 aliphatic heterocycles. The fraction of sp³-hybridized carbons (Fsp3) is 0.208. The molecule has 1 aromatic heterocycles. The van der Waals surface area contributed by atoms with Crippen molar-refractivity contribution in [3.63, 3.8) is 0 Å². The number of ether oxygens (including phenoxy) is 2. The van der Waals surface area contributed by atoms with Crippen LogP contribution in [-0.2, 0) is 38.6 Å². The van der Waals surface area contributed by atoms with Gasteiger partial charge in [-0.3, -0.25) is 23.7 Å². The van der Waals surface area contributed by atoms with Gasteiger partial charge < -0.3 is 15.2 Å². The number of nitrogens with zero attached hydrogens (tertiary/aromatic N) is 2. The molecule has 0 amide bonds. The largest absolute Gasteiger partial charge is 0.468 e. The van der Waals surface area contributed by atoms with Crippen LogP contribution >= 0.6 is 15.9 Å². The van der Waals surface area contributed by atoms with Crippen LogP contribution in [-0.4, -0.2) is 40.6 Å². The predicted molar refractivity (Wildman–Crippen MR) is 130 cm³/mol. The lowest BCUT2D eigenvalue weighted by Crippen LogP contribution is -2.46. The van der Waals surface area contributed by atoms with Crippen LogP contribution in [0.2, 0.25) is 0 Å². The van der Waals surface area contributed by atoms with Crippen molar-refractivity contribution in [2.45, 2.75) is 19.5 Å². The molecule has 0 fully saturated rings. The lowest BCUT2D eigenvalue weighted by Gasteiger charge is -2.16. The molecule has 10 nitrogen and oxygen atoms in total. The molecule has 0 saturated heterocycles. The molecular weight excluding hydrogens is 522 g/mol. The normalized spacial score (nSPS) is 10.6. The summed E-state index contributed by atoms with van der Waals surface area (Å²) in [6.07, 6.45) is -0.0872. The molecule has 3 rings (SSSR count). The lowest BCUT2D eigenvalue weighted by atomic mass is 10.1. The van der Waals surface area contributed by atoms with Gasteiger partial charge >= 0.3 is 17.6 Å². The van der Waals surface area contributed by atoms with Crippen molar-refractivity contribution in [3.05, 3.63) is 96.6 Å². The van der Waals surface area contributed by atoms with Gasteiger partial charge in [0.1, 0.15) is 17.9 Å². The zero-order valence-electron chi connectivity index (χ0n) is 18.7. The first-order valence-corrected chi connectivity index (χ1v) is 11.2. The van der Waals surface area contributed by atoms with E-state index in [4.69, 9.17) is 10.5 Å². The standard InChI is InChI=1S/C24H22BrN3O7/c1-34-20(31)13-28-23(32)21(22(26)27(24(28)33)12-16-5-3-2-4-6-16)18(29)14-35-19(30)11-15-7-9-17(25)10-8-15/h2-10H,11-14,26H2,1H3. The van der Waals surface area contributed by atoms with E-state index in [0.29, 0.717) is 15.7 Å². The number of nitrogen functional groups attached to an aromatic ring is 1. The van der Waals surface area contributed by atoms with Gasteiger partial charge in [0.15, 0.2) is 6.61 Å². The van der Waals surface area contributed by atoms with Crippen molar-refractivity contribution < 1.29 is 23.9 Å². The first kappa shape index (κ1) is 25.6. The van der Waals surface area contributed by atoms with E-state index < -0.39 is 47.7 Å². The summed E-state index contributed by atoms with van der Waals surface area (Å²) in [6.45, 7) is -1.54. The minimum Gasteiger partial charge on any atom is -0.468 e. The summed E-state index contributed by atoms with van der Waals surface area (Å²) >= 11 is 3.30. The number of anilines is 1. The summed E-state index contributed by atoms with van der Waals surface area (Å²) < 4.78 is 12.0. The van der Waals surface area contributed by atoms with Crippen molar-refractivity contribution in [2.75, 3.05) is 19.5 Å². The van der Waals surface area contributed by atoms with Crippen molar-refractivity contribution >= 4 is 39.5 Å². The molecule has 0 aliphatic rings. The van der Waals surface area contributed by atoms with E-state index in [2.05, 4.69) is 20.7 Å². The first-order chi connectivity index (χ1) is 16.7. The van der Waals surface area contributed by atoms with Crippen LogP contribution < -0.4 is 17.0 Å². The third-order valence-corrected chi connectivity index (χ3v) is 5.60. The van der Waals surface area contributed by atoms with Crippen LogP contribution in [0.5, 0.6) is 0 Å². The number of carbonyl (C=O) groups is 3. The second kappa shape index (κ2) is 11.4. The SMILES string of the molecule is COC(=O)Cn1c(=O)c(C(=O)COC(=O)Cc2ccc(Br)cc2)c(N)n(Cc2ccccc2)c1=O. The highest BCUT2D eigenvalue weighted by Gasteiger charge is 2.25. The van der Waals surface area contributed by atoms with E-state index >= 15 is 0 Å². The molecule has 2 aromatic carbocycles. The van der Waals surface area contributed by atoms with Gasteiger partial charge in [0.2, 0.25) is 5.78 Å². The molecule has 35 heavy (non-hydrogen) atoms. The fourth-order valence-electron chi connectivity index (χ4n) is 3.27. The van der Waals surface area contributed by atoms with Crippen LogP contribution in [0.3, 0.4) is 0 Å². The minimum atomic E-state index is -1.07. The Morgan fingerprint density at radius 3 is 2.20 bits per heavy atom. The molecule has 2 N–H and O–H groups in total. The monoisotopic (exact) mass is 543 g/mol. The zero-order chi connectivity index (χ0) is 25.5. The second-order valence-corrected chi connectivity index (χ2v) is 8.38. The van der Waals surface area contributed by atoms with Crippen LogP contribution in [0, 0.1) is 0 Å². The first-order valence-electron chi connectivity index (χ1n) is 10.4. The third-order valence-electron chi connectivity index (χ3n) is 5.07. The number of ketones is 1. The maximum atomic E-state index is 13.0. The molecule has 0 radical (unpaired) electrons. The van der Waals surface area contributed by atoms with Crippen molar-refractivity contribution in [2.24, 2.45) is 0 Å². The quantitative estimate of drug-likeness (QED) is 0.316. The van der Waals surface area contributed by atoms with E-state index in [9.17, 15) is 24.0 Å². The molecule has 3 aromatic rings. The van der Waals surface area contributed by atoms with Gasteiger partial charge in [-0.25, -0.2) is 9.36 Å². The summed E-state index contributed by atoms with van der Waals surface area (Å²) in [5, 5.41) is 0. The number of esters is 2. The van der Waals surface area contributed by atoms with E-state index in [-0.39, 0.29) is 18.8 Å². The number of halogens is 1. The maximum Gasteiger partial charge on any atom is 0.333 e. The van der Waals surface area contributed by atoms with Gasteiger partial charge in [-0.2, -0.15) is 0 Å². The Balaban J connectivity index is 1.91. The van der Waals surface area contributed by atoms with E-state index in [1.807, 2.05) is 0 Å². The van der Waals surface area contributed by atoms with E-state index in [1.165, 1.54) is 0 Å². The summed E-state index contributed by atoms with van der Waals surface area (Å²) in [7, 11) is 1.10. The number of benzene rings is 2. The zero-order valence-corrected chi connectivity index (χ0v) is 20.3. The highest BCUT2D eigenvalue weighted by molar-refractivity contribution is 9.10. The Morgan fingerprint density at radius 2 is 1.57 bits per heavy atom. The molecule has 182 valence electrons. The molecule has 0 aliphatic carbocycles. The number of rotatable bonds is 9. The molecule has 0 atom stereocenters. The average molecular weight is 544 g/mol. The Labute approximate surface area is 208 Å². The molecular formula is C24H22BrN3O7. The molecule has 0 spiro atoms. The molecule has 0 bridgehead atoms.